The number of thioether (sulfide) groups is 1. The molecule has 0 aromatic heterocycles. The van der Waals surface area contributed by atoms with Crippen LogP contribution in [0.5, 0.6) is 11.5 Å². The summed E-state index contributed by atoms with van der Waals surface area (Å²) in [6, 6.07) is 13.0. The molecule has 3 rings (SSSR count). The summed E-state index contributed by atoms with van der Waals surface area (Å²) < 4.78 is 17.3. The number of carbonyl (C=O) groups excluding carboxylic acids is 2. The topological polar surface area (TPSA) is 65.1 Å². The zero-order valence-electron chi connectivity index (χ0n) is 19.8. The fraction of sp³-hybridized carbons (Fsp3) is 0.346. The molecule has 186 valence electrons. The lowest BCUT2D eigenvalue weighted by Crippen LogP contribution is -2.29. The van der Waals surface area contributed by atoms with Crippen LogP contribution >= 0.6 is 35.6 Å². The molecule has 6 nitrogen and oxygen atoms in total. The van der Waals surface area contributed by atoms with E-state index in [4.69, 9.17) is 38.0 Å². The van der Waals surface area contributed by atoms with Gasteiger partial charge in [0, 0.05) is 18.0 Å². The van der Waals surface area contributed by atoms with E-state index < -0.39 is 0 Å². The number of hydrogen-bond donors (Lipinski definition) is 0. The molecule has 2 aromatic carbocycles. The smallest absolute Gasteiger partial charge is 0.305 e. The van der Waals surface area contributed by atoms with Crippen LogP contribution in [-0.2, 0) is 20.9 Å². The molecule has 9 heteroatoms. The van der Waals surface area contributed by atoms with Crippen molar-refractivity contribution in [2.45, 2.75) is 39.7 Å². The zero-order chi connectivity index (χ0) is 25.2. The van der Waals surface area contributed by atoms with Crippen molar-refractivity contribution >= 4 is 57.9 Å². The van der Waals surface area contributed by atoms with Gasteiger partial charge in [-0.1, -0.05) is 60.7 Å². The Hall–Kier alpha value is -2.55. The highest BCUT2D eigenvalue weighted by molar-refractivity contribution is 8.26. The van der Waals surface area contributed by atoms with E-state index >= 15 is 0 Å². The summed E-state index contributed by atoms with van der Waals surface area (Å²) in [6.45, 7) is 5.49. The van der Waals surface area contributed by atoms with Gasteiger partial charge < -0.3 is 14.2 Å². The molecular formula is C26H28ClNO5S2. The first-order chi connectivity index (χ1) is 16.9. The summed E-state index contributed by atoms with van der Waals surface area (Å²) in [7, 11) is 0. The second-order valence-corrected chi connectivity index (χ2v) is 9.82. The van der Waals surface area contributed by atoms with Crippen LogP contribution in [-0.4, -0.2) is 40.9 Å². The number of hydrogen-bond acceptors (Lipinski definition) is 7. The van der Waals surface area contributed by atoms with E-state index in [1.54, 1.807) is 6.08 Å². The van der Waals surface area contributed by atoms with Gasteiger partial charge in [-0.15, -0.1) is 0 Å². The molecule has 1 fully saturated rings. The highest BCUT2D eigenvalue weighted by Gasteiger charge is 2.31. The first-order valence-corrected chi connectivity index (χ1v) is 13.1. The molecule has 0 atom stereocenters. The second-order valence-electron chi connectivity index (χ2n) is 7.71. The van der Waals surface area contributed by atoms with Crippen LogP contribution in [0, 0.1) is 0 Å². The van der Waals surface area contributed by atoms with Gasteiger partial charge in [0.05, 0.1) is 18.1 Å². The molecule has 1 aliphatic rings. The number of esters is 1. The average molecular weight is 534 g/mol. The molecule has 0 spiro atoms. The largest absolute Gasteiger partial charge is 0.490 e. The Morgan fingerprint density at radius 2 is 1.89 bits per heavy atom. The van der Waals surface area contributed by atoms with Gasteiger partial charge in [-0.05, 0) is 61.2 Å². The van der Waals surface area contributed by atoms with Gasteiger partial charge in [0.1, 0.15) is 10.9 Å². The minimum atomic E-state index is -0.255. The predicted octanol–water partition coefficient (Wildman–Crippen LogP) is 6.25. The molecule has 0 N–H and O–H groups in total. The third kappa shape index (κ3) is 7.98. The molecule has 0 unspecified atom stereocenters. The second kappa shape index (κ2) is 13.5. The number of ether oxygens (including phenoxy) is 3. The maximum Gasteiger partial charge on any atom is 0.305 e. The molecule has 1 aliphatic heterocycles. The first-order valence-electron chi connectivity index (χ1n) is 11.5. The van der Waals surface area contributed by atoms with Crippen molar-refractivity contribution in [3.05, 3.63) is 63.5 Å². The molecule has 0 radical (unpaired) electrons. The molecule has 1 heterocycles. The number of benzene rings is 2. The minimum absolute atomic E-state index is 0.164. The SMILES string of the molecule is CCCOC(=O)CCCN1C(=O)/C(=C/c2ccc(OCc3ccc(Cl)cc3)c(OCC)c2)SC1=S. The number of amides is 1. The Balaban J connectivity index is 1.64. The van der Waals surface area contributed by atoms with Gasteiger partial charge in [-0.2, -0.15) is 0 Å². The van der Waals surface area contributed by atoms with Crippen LogP contribution in [0.1, 0.15) is 44.2 Å². The van der Waals surface area contributed by atoms with E-state index in [0.29, 0.717) is 58.5 Å². The monoisotopic (exact) mass is 533 g/mol. The Morgan fingerprint density at radius 1 is 1.11 bits per heavy atom. The van der Waals surface area contributed by atoms with Crippen molar-refractivity contribution in [1.82, 2.24) is 4.90 Å². The van der Waals surface area contributed by atoms with Gasteiger partial charge >= 0.3 is 5.97 Å². The number of halogens is 1. The van der Waals surface area contributed by atoms with Crippen LogP contribution in [0.25, 0.3) is 6.08 Å². The first kappa shape index (κ1) is 27.0. The maximum atomic E-state index is 12.9. The van der Waals surface area contributed by atoms with Crippen LogP contribution in [0.4, 0.5) is 0 Å². The Morgan fingerprint density at radius 3 is 2.60 bits per heavy atom. The molecule has 0 saturated carbocycles. The van der Waals surface area contributed by atoms with Crippen molar-refractivity contribution in [1.29, 1.82) is 0 Å². The Bertz CT molecular complexity index is 1090. The van der Waals surface area contributed by atoms with Crippen LogP contribution < -0.4 is 9.47 Å². The lowest BCUT2D eigenvalue weighted by Gasteiger charge is -2.14. The summed E-state index contributed by atoms with van der Waals surface area (Å²) in [6.07, 6.45) is 3.33. The minimum Gasteiger partial charge on any atom is -0.490 e. The summed E-state index contributed by atoms with van der Waals surface area (Å²) >= 11 is 12.6. The van der Waals surface area contributed by atoms with Gasteiger partial charge in [-0.3, -0.25) is 14.5 Å². The van der Waals surface area contributed by atoms with Crippen molar-refractivity contribution in [3.8, 4) is 11.5 Å². The van der Waals surface area contributed by atoms with Crippen molar-refractivity contribution in [3.63, 3.8) is 0 Å². The van der Waals surface area contributed by atoms with Crippen molar-refractivity contribution < 1.29 is 23.8 Å². The van der Waals surface area contributed by atoms with E-state index in [1.165, 1.54) is 16.7 Å². The molecule has 1 amide bonds. The van der Waals surface area contributed by atoms with Crippen molar-refractivity contribution in [2.24, 2.45) is 0 Å². The standard InChI is InChI=1S/C26H28ClNO5S2/c1-3-14-32-24(29)6-5-13-28-25(30)23(35-26(28)34)16-19-9-12-21(22(15-19)31-4-2)33-17-18-7-10-20(27)11-8-18/h7-12,15-16H,3-6,13-14,17H2,1-2H3/b23-16-. The van der Waals surface area contributed by atoms with Gasteiger partial charge in [-0.25, -0.2) is 0 Å². The van der Waals surface area contributed by atoms with Gasteiger partial charge in [0.2, 0.25) is 0 Å². The summed E-state index contributed by atoms with van der Waals surface area (Å²) in [5.41, 5.74) is 1.79. The summed E-state index contributed by atoms with van der Waals surface area (Å²) in [5.74, 6) is 0.787. The fourth-order valence-electron chi connectivity index (χ4n) is 3.26. The highest BCUT2D eigenvalue weighted by atomic mass is 35.5. The molecule has 2 aromatic rings. The Kier molecular flexibility index (Phi) is 10.4. The Labute approximate surface area is 220 Å². The fourth-order valence-corrected chi connectivity index (χ4v) is 4.69. The lowest BCUT2D eigenvalue weighted by molar-refractivity contribution is -0.144. The molecule has 0 bridgehead atoms. The van der Waals surface area contributed by atoms with Crippen LogP contribution in [0.3, 0.4) is 0 Å². The maximum absolute atomic E-state index is 12.9. The van der Waals surface area contributed by atoms with Gasteiger partial charge in [0.15, 0.2) is 11.5 Å². The average Bonchev–Trinajstić information content (AvgIpc) is 3.10. The summed E-state index contributed by atoms with van der Waals surface area (Å²) in [5, 5.41) is 0.674. The summed E-state index contributed by atoms with van der Waals surface area (Å²) in [4.78, 5) is 26.7. The van der Waals surface area contributed by atoms with Gasteiger partial charge in [0.25, 0.3) is 5.91 Å². The zero-order valence-corrected chi connectivity index (χ0v) is 22.1. The molecule has 35 heavy (non-hydrogen) atoms. The highest BCUT2D eigenvalue weighted by Crippen LogP contribution is 2.35. The van der Waals surface area contributed by atoms with E-state index in [-0.39, 0.29) is 18.3 Å². The van der Waals surface area contributed by atoms with E-state index in [9.17, 15) is 9.59 Å². The quantitative estimate of drug-likeness (QED) is 0.181. The number of thiocarbonyl (C=S) groups is 1. The molecule has 1 saturated heterocycles. The van der Waals surface area contributed by atoms with Crippen molar-refractivity contribution in [2.75, 3.05) is 19.8 Å². The van der Waals surface area contributed by atoms with Crippen LogP contribution in [0.15, 0.2) is 47.4 Å². The third-order valence-corrected chi connectivity index (χ3v) is 6.61. The normalized spacial score (nSPS) is 14.5. The number of rotatable bonds is 12. The predicted molar refractivity (Wildman–Crippen MR) is 144 cm³/mol. The molecular weight excluding hydrogens is 506 g/mol. The van der Waals surface area contributed by atoms with Crippen LogP contribution in [0.2, 0.25) is 5.02 Å². The van der Waals surface area contributed by atoms with E-state index in [1.807, 2.05) is 56.3 Å². The molecule has 0 aliphatic carbocycles. The third-order valence-electron chi connectivity index (χ3n) is 4.98. The number of nitrogens with zero attached hydrogens (tertiary/aromatic N) is 1. The van der Waals surface area contributed by atoms with E-state index in [2.05, 4.69) is 0 Å². The van der Waals surface area contributed by atoms with E-state index in [0.717, 1.165) is 17.5 Å². The lowest BCUT2D eigenvalue weighted by atomic mass is 10.1. The number of carbonyl (C=O) groups is 2.